The van der Waals surface area contributed by atoms with Crippen LogP contribution in [0, 0.1) is 5.92 Å². The molecule has 0 saturated carbocycles. The fraction of sp³-hybridized carbons (Fsp3) is 0.647. The Morgan fingerprint density at radius 3 is 1.35 bits per heavy atom. The largest absolute Gasteiger partial charge is 0.0776 e. The number of hydrogen-bond acceptors (Lipinski definition) is 0. The van der Waals surface area contributed by atoms with Gasteiger partial charge < -0.3 is 0 Å². The molecule has 3 atom stereocenters. The second kappa shape index (κ2) is 29.5. The first-order valence-corrected chi connectivity index (χ1v) is 10.9. The Balaban J connectivity index is -0.000000182. The molecule has 0 bridgehead atoms. The Hall–Kier alpha value is -1.56. The van der Waals surface area contributed by atoms with Crippen molar-refractivity contribution in [2.24, 2.45) is 5.92 Å². The fourth-order valence-electron chi connectivity index (χ4n) is 4.55. The van der Waals surface area contributed by atoms with Gasteiger partial charge in [-0.25, -0.2) is 0 Å². The molecule has 0 spiro atoms. The van der Waals surface area contributed by atoms with Gasteiger partial charge in [0, 0.05) is 0 Å². The molecule has 0 heterocycles. The van der Waals surface area contributed by atoms with E-state index < -0.39 is 0 Å². The van der Waals surface area contributed by atoms with Crippen LogP contribution in [0.15, 0.2) is 60.7 Å². The molecule has 3 unspecified atom stereocenters. The molecule has 0 heteroatoms. The fourth-order valence-corrected chi connectivity index (χ4v) is 4.55. The van der Waals surface area contributed by atoms with Gasteiger partial charge in [-0.15, -0.1) is 0 Å². The predicted octanol–water partition coefficient (Wildman–Crippen LogP) is 13.4. The van der Waals surface area contributed by atoms with Crippen molar-refractivity contribution in [2.45, 2.75) is 143 Å². The summed E-state index contributed by atoms with van der Waals surface area (Å²) in [6.07, 6.45) is 10.5. The first-order valence-electron chi connectivity index (χ1n) is 10.9. The maximum absolute atomic E-state index is 2.39. The molecular formula is C34H70. The summed E-state index contributed by atoms with van der Waals surface area (Å²) < 4.78 is 0. The van der Waals surface area contributed by atoms with Gasteiger partial charge in [0.1, 0.15) is 0 Å². The molecule has 206 valence electrons. The molecule has 0 saturated heterocycles. The second-order valence-electron chi connectivity index (χ2n) is 7.80. The van der Waals surface area contributed by atoms with Crippen molar-refractivity contribution in [1.29, 1.82) is 0 Å². The van der Waals surface area contributed by atoms with Gasteiger partial charge in [-0.2, -0.15) is 0 Å². The molecule has 2 aromatic carbocycles. The highest BCUT2D eigenvalue weighted by molar-refractivity contribution is 5.21. The lowest BCUT2D eigenvalue weighted by Crippen LogP contribution is -2.13. The van der Waals surface area contributed by atoms with Crippen LogP contribution in [0.5, 0.6) is 0 Å². The minimum atomic E-state index is 0. The highest BCUT2D eigenvalue weighted by Crippen LogP contribution is 2.36. The molecule has 0 aliphatic heterocycles. The van der Waals surface area contributed by atoms with Crippen molar-refractivity contribution < 1.29 is 0 Å². The first kappa shape index (κ1) is 49.5. The summed E-state index contributed by atoms with van der Waals surface area (Å²) in [7, 11) is 0. The van der Waals surface area contributed by atoms with Crippen molar-refractivity contribution in [3.05, 3.63) is 71.8 Å². The normalized spacial score (nSPS) is 11.3. The van der Waals surface area contributed by atoms with Gasteiger partial charge in [-0.1, -0.05) is 167 Å². The van der Waals surface area contributed by atoms with Gasteiger partial charge in [0.15, 0.2) is 0 Å². The van der Waals surface area contributed by atoms with E-state index in [1.807, 2.05) is 0 Å². The summed E-state index contributed by atoms with van der Waals surface area (Å²) in [6, 6.07) is 22.4. The van der Waals surface area contributed by atoms with Crippen molar-refractivity contribution >= 4 is 0 Å². The van der Waals surface area contributed by atoms with E-state index in [1.54, 1.807) is 5.56 Å². The van der Waals surface area contributed by atoms with Crippen LogP contribution in [0.3, 0.4) is 0 Å². The first-order chi connectivity index (χ1) is 12.8. The van der Waals surface area contributed by atoms with E-state index in [0.717, 1.165) is 17.8 Å². The monoisotopic (exact) mass is 479 g/mol. The van der Waals surface area contributed by atoms with Crippen LogP contribution in [0.4, 0.5) is 0 Å². The minimum Gasteiger partial charge on any atom is -0.0776 e. The van der Waals surface area contributed by atoms with Crippen LogP contribution in [0.1, 0.15) is 155 Å². The lowest BCUT2D eigenvalue weighted by Gasteiger charge is -2.27. The van der Waals surface area contributed by atoms with E-state index in [-0.39, 0.29) is 59.4 Å². The molecule has 2 rings (SSSR count). The van der Waals surface area contributed by atoms with E-state index in [1.165, 1.54) is 56.9 Å². The summed E-state index contributed by atoms with van der Waals surface area (Å²) in [5, 5.41) is 0. The Morgan fingerprint density at radius 2 is 0.941 bits per heavy atom. The highest BCUT2D eigenvalue weighted by Gasteiger charge is 2.21. The van der Waals surface area contributed by atoms with Crippen molar-refractivity contribution in [3.8, 4) is 0 Å². The third-order valence-corrected chi connectivity index (χ3v) is 5.96. The maximum atomic E-state index is 2.39. The van der Waals surface area contributed by atoms with Gasteiger partial charge in [0.05, 0.1) is 0 Å². The third kappa shape index (κ3) is 16.1. The summed E-state index contributed by atoms with van der Waals surface area (Å²) in [4.78, 5) is 0. The van der Waals surface area contributed by atoms with Crippen LogP contribution in [-0.2, 0) is 0 Å². The van der Waals surface area contributed by atoms with Crippen LogP contribution in [0.2, 0.25) is 0 Å². The molecule has 0 aromatic heterocycles. The van der Waals surface area contributed by atoms with Crippen LogP contribution in [-0.4, -0.2) is 0 Å². The molecule has 0 nitrogen and oxygen atoms in total. The van der Waals surface area contributed by atoms with Gasteiger partial charge in [-0.05, 0) is 54.6 Å². The summed E-state index contributed by atoms with van der Waals surface area (Å²) in [6.45, 7) is 7.03. The van der Waals surface area contributed by atoms with Crippen LogP contribution < -0.4 is 0 Å². The second-order valence-corrected chi connectivity index (χ2v) is 7.80. The third-order valence-electron chi connectivity index (χ3n) is 5.96. The Morgan fingerprint density at radius 1 is 0.500 bits per heavy atom. The molecule has 0 amide bonds. The average Bonchev–Trinajstić information content (AvgIpc) is 2.70. The van der Waals surface area contributed by atoms with E-state index in [4.69, 9.17) is 0 Å². The zero-order chi connectivity index (χ0) is 18.6. The molecule has 0 aliphatic carbocycles. The lowest BCUT2D eigenvalue weighted by atomic mass is 9.78. The van der Waals surface area contributed by atoms with Gasteiger partial charge >= 0.3 is 0 Å². The molecule has 2 aromatic rings. The molecule has 0 fully saturated rings. The Labute approximate surface area is 221 Å². The molecule has 0 aliphatic rings. The summed E-state index contributed by atoms with van der Waals surface area (Å²) in [5.74, 6) is 2.28. The molecule has 0 N–H and O–H groups in total. The van der Waals surface area contributed by atoms with Gasteiger partial charge in [-0.3, -0.25) is 0 Å². The summed E-state index contributed by atoms with van der Waals surface area (Å²) >= 11 is 0. The van der Waals surface area contributed by atoms with Crippen LogP contribution >= 0.6 is 0 Å². The molecular weight excluding hydrogens is 408 g/mol. The van der Waals surface area contributed by atoms with Gasteiger partial charge in [0.25, 0.3) is 0 Å². The summed E-state index contributed by atoms with van der Waals surface area (Å²) in [5.41, 5.74) is 3.09. The van der Waals surface area contributed by atoms with Gasteiger partial charge in [0.2, 0.25) is 0 Å². The Kier molecular flexibility index (Phi) is 42.9. The van der Waals surface area contributed by atoms with E-state index >= 15 is 0 Å². The Bertz CT molecular complexity index is 572. The zero-order valence-electron chi connectivity index (χ0n) is 17.2. The topological polar surface area (TPSA) is 0 Å². The lowest BCUT2D eigenvalue weighted by molar-refractivity contribution is 0.344. The quantitative estimate of drug-likeness (QED) is 0.284. The van der Waals surface area contributed by atoms with Crippen molar-refractivity contribution in [3.63, 3.8) is 0 Å². The predicted molar refractivity (Wildman–Crippen MR) is 170 cm³/mol. The minimum absolute atomic E-state index is 0. The smallest absolute Gasteiger partial charge is 0.0134 e. The number of benzene rings is 2. The van der Waals surface area contributed by atoms with E-state index in [9.17, 15) is 0 Å². The van der Waals surface area contributed by atoms with E-state index in [0.29, 0.717) is 0 Å². The van der Waals surface area contributed by atoms with Crippen LogP contribution in [0.25, 0.3) is 0 Å². The number of hydrogen-bond donors (Lipinski definition) is 0. The van der Waals surface area contributed by atoms with Crippen molar-refractivity contribution in [1.82, 2.24) is 0 Å². The zero-order valence-corrected chi connectivity index (χ0v) is 17.2. The average molecular weight is 479 g/mol. The van der Waals surface area contributed by atoms with Crippen molar-refractivity contribution in [2.75, 3.05) is 0 Å². The SMILES string of the molecule is C.C.C.C.C.C.C.C.CCCC(CCCC(CC)C(CCC)c1ccccc1)c1ccccc1. The standard InChI is InChI=1S/C26H38.8CH4/c1-4-14-23(24-16-9-7-10-17-24)21-13-20-22(6-3)26(15-5-2)25-18-11-8-12-19-25;;;;;;;;/h7-12,16-19,22-23,26H,4-6,13-15,20-21H2,1-3H3;8*1H4. The highest BCUT2D eigenvalue weighted by atomic mass is 14.3. The van der Waals surface area contributed by atoms with E-state index in [2.05, 4.69) is 81.4 Å². The number of rotatable bonds is 12. The maximum Gasteiger partial charge on any atom is -0.0134 e. The molecule has 34 heavy (non-hydrogen) atoms. The molecule has 0 radical (unpaired) electrons.